The van der Waals surface area contributed by atoms with Gasteiger partial charge in [-0.15, -0.1) is 0 Å². The van der Waals surface area contributed by atoms with Crippen LogP contribution in [-0.2, 0) is 0 Å². The average Bonchev–Trinajstić information content (AvgIpc) is 2.39. The Morgan fingerprint density at radius 2 is 2.17 bits per heavy atom. The zero-order chi connectivity index (χ0) is 13.1. The number of benzene rings is 1. The Morgan fingerprint density at radius 3 is 2.83 bits per heavy atom. The number of carbonyl (C=O) groups excluding carboxylic acids is 1. The highest BCUT2D eigenvalue weighted by Gasteiger charge is 2.28. The summed E-state index contributed by atoms with van der Waals surface area (Å²) < 4.78 is 13.8. The molecule has 3 nitrogen and oxygen atoms in total. The van der Waals surface area contributed by atoms with Crippen LogP contribution in [0.1, 0.15) is 10.4 Å². The highest BCUT2D eigenvalue weighted by Crippen LogP contribution is 2.17. The van der Waals surface area contributed by atoms with Crippen LogP contribution < -0.4 is 0 Å². The van der Waals surface area contributed by atoms with Crippen molar-refractivity contribution in [3.63, 3.8) is 0 Å². The van der Waals surface area contributed by atoms with Crippen LogP contribution in [0.25, 0.3) is 0 Å². The number of hydrogen-bond donors (Lipinski definition) is 0. The lowest BCUT2D eigenvalue weighted by molar-refractivity contribution is 0.0504. The summed E-state index contributed by atoms with van der Waals surface area (Å²) in [5, 5.41) is 0. The molecule has 1 unspecified atom stereocenters. The summed E-state index contributed by atoms with van der Waals surface area (Å²) in [5.41, 5.74) is 0.709. The Kier molecular flexibility index (Phi) is 4.55. The van der Waals surface area contributed by atoms with Crippen molar-refractivity contribution in [2.24, 2.45) is 0 Å². The fraction of sp³-hybridized carbons (Fsp3) is 0.462. The van der Waals surface area contributed by atoms with Crippen molar-refractivity contribution in [3.05, 3.63) is 33.4 Å². The fourth-order valence-electron chi connectivity index (χ4n) is 2.10. The number of nitrogens with zero attached hydrogens (tertiary/aromatic N) is 2. The molecule has 2 rings (SSSR count). The molecule has 0 N–H and O–H groups in total. The molecule has 0 bridgehead atoms. The molecule has 1 aromatic rings. The second kappa shape index (κ2) is 5.97. The van der Waals surface area contributed by atoms with Gasteiger partial charge < -0.3 is 4.90 Å². The minimum absolute atomic E-state index is 0.00606. The van der Waals surface area contributed by atoms with Gasteiger partial charge in [-0.05, 0) is 41.8 Å². The van der Waals surface area contributed by atoms with Crippen LogP contribution in [0.4, 0.5) is 4.39 Å². The Balaban J connectivity index is 2.13. The van der Waals surface area contributed by atoms with E-state index >= 15 is 0 Å². The second-order valence-electron chi connectivity index (χ2n) is 4.52. The van der Waals surface area contributed by atoms with Gasteiger partial charge >= 0.3 is 0 Å². The Hall–Kier alpha value is -0.690. The number of piperazine rings is 1. The quantitative estimate of drug-likeness (QED) is 0.752. The second-order valence-corrected chi connectivity index (χ2v) is 5.68. The van der Waals surface area contributed by atoms with E-state index in [-0.39, 0.29) is 11.9 Å². The molecule has 1 atom stereocenters. The zero-order valence-electron chi connectivity index (χ0n) is 10.3. The van der Waals surface area contributed by atoms with Crippen LogP contribution in [0, 0.1) is 3.57 Å². The van der Waals surface area contributed by atoms with E-state index in [9.17, 15) is 9.18 Å². The van der Waals surface area contributed by atoms with Gasteiger partial charge in [-0.1, -0.05) is 12.1 Å². The van der Waals surface area contributed by atoms with Gasteiger partial charge in [-0.2, -0.15) is 0 Å². The van der Waals surface area contributed by atoms with Crippen LogP contribution in [0.5, 0.6) is 0 Å². The van der Waals surface area contributed by atoms with Gasteiger partial charge in [-0.3, -0.25) is 9.69 Å². The molecule has 0 saturated carbocycles. The van der Waals surface area contributed by atoms with Gasteiger partial charge in [-0.25, -0.2) is 4.39 Å². The normalized spacial score (nSPS) is 21.1. The van der Waals surface area contributed by atoms with E-state index < -0.39 is 6.67 Å². The van der Waals surface area contributed by atoms with E-state index in [1.807, 2.05) is 36.2 Å². The first-order valence-electron chi connectivity index (χ1n) is 5.93. The fourth-order valence-corrected chi connectivity index (χ4v) is 2.72. The minimum atomic E-state index is -0.411. The third kappa shape index (κ3) is 2.83. The molecule has 1 fully saturated rings. The van der Waals surface area contributed by atoms with Gasteiger partial charge in [0, 0.05) is 23.2 Å². The number of alkyl halides is 1. The smallest absolute Gasteiger partial charge is 0.255 e. The number of carbonyl (C=O) groups is 1. The molecule has 1 heterocycles. The van der Waals surface area contributed by atoms with Crippen LogP contribution in [0.15, 0.2) is 24.3 Å². The standard InChI is InChI=1S/C13H16FIN2O/c1-16-6-7-17(9-10(16)8-14)13(18)11-4-2-3-5-12(11)15/h2-5,10H,6-9H2,1H3. The van der Waals surface area contributed by atoms with Crippen LogP contribution in [0.2, 0.25) is 0 Å². The largest absolute Gasteiger partial charge is 0.336 e. The molecule has 18 heavy (non-hydrogen) atoms. The molecule has 1 aliphatic rings. The number of halogens is 2. The topological polar surface area (TPSA) is 23.6 Å². The van der Waals surface area contributed by atoms with Crippen LogP contribution in [0.3, 0.4) is 0 Å². The highest BCUT2D eigenvalue weighted by atomic mass is 127. The van der Waals surface area contributed by atoms with Crippen molar-refractivity contribution in [2.75, 3.05) is 33.4 Å². The lowest BCUT2D eigenvalue weighted by Crippen LogP contribution is -2.54. The molecular weight excluding hydrogens is 346 g/mol. The highest BCUT2D eigenvalue weighted by molar-refractivity contribution is 14.1. The summed E-state index contributed by atoms with van der Waals surface area (Å²) >= 11 is 2.16. The van der Waals surface area contributed by atoms with Crippen molar-refractivity contribution in [3.8, 4) is 0 Å². The van der Waals surface area contributed by atoms with E-state index in [4.69, 9.17) is 0 Å². The molecule has 0 radical (unpaired) electrons. The van der Waals surface area contributed by atoms with Gasteiger partial charge in [0.15, 0.2) is 0 Å². The van der Waals surface area contributed by atoms with E-state index in [0.29, 0.717) is 18.7 Å². The zero-order valence-corrected chi connectivity index (χ0v) is 12.4. The van der Waals surface area contributed by atoms with Crippen molar-refractivity contribution in [1.29, 1.82) is 0 Å². The monoisotopic (exact) mass is 362 g/mol. The summed E-state index contributed by atoms with van der Waals surface area (Å²) in [6, 6.07) is 7.33. The molecule has 1 amide bonds. The molecule has 0 spiro atoms. The Bertz CT molecular complexity index is 441. The van der Waals surface area contributed by atoms with Crippen molar-refractivity contribution in [1.82, 2.24) is 9.80 Å². The summed E-state index contributed by atoms with van der Waals surface area (Å²) in [6.45, 7) is 1.45. The third-order valence-corrected chi connectivity index (χ3v) is 4.29. The lowest BCUT2D eigenvalue weighted by atomic mass is 10.1. The molecule has 1 aliphatic heterocycles. The van der Waals surface area contributed by atoms with Crippen molar-refractivity contribution in [2.45, 2.75) is 6.04 Å². The summed E-state index contributed by atoms with van der Waals surface area (Å²) in [6.07, 6.45) is 0. The first-order valence-corrected chi connectivity index (χ1v) is 7.01. The Morgan fingerprint density at radius 1 is 1.44 bits per heavy atom. The molecule has 1 saturated heterocycles. The van der Waals surface area contributed by atoms with E-state index in [2.05, 4.69) is 22.6 Å². The molecular formula is C13H16FIN2O. The summed E-state index contributed by atoms with van der Waals surface area (Å²) in [4.78, 5) is 16.1. The van der Waals surface area contributed by atoms with Crippen LogP contribution >= 0.6 is 22.6 Å². The van der Waals surface area contributed by atoms with Crippen LogP contribution in [-0.4, -0.2) is 55.1 Å². The predicted octanol–water partition coefficient (Wildman–Crippen LogP) is 2.02. The minimum Gasteiger partial charge on any atom is -0.336 e. The van der Waals surface area contributed by atoms with Crippen molar-refractivity contribution < 1.29 is 9.18 Å². The first kappa shape index (κ1) is 13.7. The van der Waals surface area contributed by atoms with E-state index in [1.165, 1.54) is 0 Å². The van der Waals surface area contributed by atoms with Gasteiger partial charge in [0.1, 0.15) is 6.67 Å². The molecule has 5 heteroatoms. The van der Waals surface area contributed by atoms with Gasteiger partial charge in [0.2, 0.25) is 0 Å². The molecule has 0 aliphatic carbocycles. The summed E-state index contributed by atoms with van der Waals surface area (Å²) in [5.74, 6) is 0.00606. The SMILES string of the molecule is CN1CCN(C(=O)c2ccccc2I)CC1CF. The number of amides is 1. The number of rotatable bonds is 2. The van der Waals surface area contributed by atoms with E-state index in [0.717, 1.165) is 10.1 Å². The maximum atomic E-state index is 12.9. The van der Waals surface area contributed by atoms with E-state index in [1.54, 1.807) is 4.90 Å². The lowest BCUT2D eigenvalue weighted by Gasteiger charge is -2.38. The first-order chi connectivity index (χ1) is 8.63. The summed E-state index contributed by atoms with van der Waals surface area (Å²) in [7, 11) is 1.90. The van der Waals surface area contributed by atoms with Gasteiger partial charge in [0.25, 0.3) is 5.91 Å². The molecule has 1 aromatic carbocycles. The average molecular weight is 362 g/mol. The number of hydrogen-bond acceptors (Lipinski definition) is 2. The number of likely N-dealkylation sites (N-methyl/N-ethyl adjacent to an activating group) is 1. The van der Waals surface area contributed by atoms with Crippen molar-refractivity contribution >= 4 is 28.5 Å². The maximum absolute atomic E-state index is 12.9. The third-order valence-electron chi connectivity index (χ3n) is 3.35. The maximum Gasteiger partial charge on any atom is 0.255 e. The Labute approximate surface area is 120 Å². The predicted molar refractivity (Wildman–Crippen MR) is 77.5 cm³/mol. The molecule has 0 aromatic heterocycles. The molecule has 98 valence electrons. The van der Waals surface area contributed by atoms with Gasteiger partial charge in [0.05, 0.1) is 11.6 Å².